The number of aliphatic hydroxyl groups excluding tert-OH is 1. The molecule has 1 saturated heterocycles. The lowest BCUT2D eigenvalue weighted by atomic mass is 10.1. The minimum atomic E-state index is -0.408. The molecular weight excluding hydrogens is 146 g/mol. The molecule has 1 heterocycles. The normalized spacial score (nSPS) is 19.8. The smallest absolute Gasteiger partial charge is 0.254 e. The fraction of sp³-hybridized carbons (Fsp3) is 0.714. The van der Waals surface area contributed by atoms with Gasteiger partial charge < -0.3 is 5.11 Å². The molecule has 4 nitrogen and oxygen atoms in total. The van der Waals surface area contributed by atoms with Gasteiger partial charge >= 0.3 is 0 Å². The van der Waals surface area contributed by atoms with E-state index < -0.39 is 5.91 Å². The summed E-state index contributed by atoms with van der Waals surface area (Å²) in [7, 11) is 0. The Kier molecular flexibility index (Phi) is 2.15. The molecule has 0 aliphatic carbocycles. The molecule has 0 bridgehead atoms. The number of aliphatic hydroxyl groups is 1. The first-order valence-electron chi connectivity index (χ1n) is 4.08. The van der Waals surface area contributed by atoms with Crippen LogP contribution in [0, 0.1) is 0 Å². The van der Waals surface area contributed by atoms with Gasteiger partial charge in [0, 0.05) is 13.0 Å². The summed E-state index contributed by atoms with van der Waals surface area (Å²) in [5, 5.41) is 3.91. The molecule has 0 aromatic carbocycles. The number of imide groups is 1. The molecule has 0 radical (unpaired) electrons. The summed E-state index contributed by atoms with van der Waals surface area (Å²) in [5.74, 6) is -0.557. The van der Waals surface area contributed by atoms with E-state index in [2.05, 4.69) is 5.11 Å². The Balaban J connectivity index is 2.48. The molecule has 1 rings (SSSR count). The Morgan fingerprint density at radius 2 is 2.55 bits per heavy atom. The number of carbonyl (C=O) groups is 2. The quantitative estimate of drug-likeness (QED) is 0.590. The SMILES string of the molecule is [2H]OCC(=O)N1CCCCC1=O. The van der Waals surface area contributed by atoms with Crippen molar-refractivity contribution in [2.24, 2.45) is 0 Å². The molecule has 1 aliphatic rings. The summed E-state index contributed by atoms with van der Waals surface area (Å²) in [6.07, 6.45) is 2.14. The first-order chi connectivity index (χ1) is 5.75. The summed E-state index contributed by atoms with van der Waals surface area (Å²) in [6, 6.07) is 0. The van der Waals surface area contributed by atoms with E-state index in [-0.39, 0.29) is 12.5 Å². The third-order valence-corrected chi connectivity index (χ3v) is 1.75. The van der Waals surface area contributed by atoms with Crippen LogP contribution in [-0.4, -0.2) is 36.4 Å². The Morgan fingerprint density at radius 1 is 1.73 bits per heavy atom. The number of hydrogen-bond donors (Lipinski definition) is 1. The van der Waals surface area contributed by atoms with Gasteiger partial charge in [-0.2, -0.15) is 0 Å². The van der Waals surface area contributed by atoms with Crippen molar-refractivity contribution in [3.63, 3.8) is 0 Å². The van der Waals surface area contributed by atoms with Gasteiger partial charge in [-0.25, -0.2) is 0 Å². The van der Waals surface area contributed by atoms with Crippen molar-refractivity contribution in [1.82, 2.24) is 4.90 Å². The van der Waals surface area contributed by atoms with Gasteiger partial charge in [-0.1, -0.05) is 0 Å². The maximum absolute atomic E-state index is 11.1. The van der Waals surface area contributed by atoms with Crippen LogP contribution in [0.5, 0.6) is 0 Å². The molecule has 1 fully saturated rings. The van der Waals surface area contributed by atoms with E-state index in [9.17, 15) is 9.59 Å². The maximum atomic E-state index is 11.1. The van der Waals surface area contributed by atoms with Gasteiger partial charge in [-0.3, -0.25) is 14.5 Å². The van der Waals surface area contributed by atoms with Gasteiger partial charge in [0.15, 0.2) is 0 Å². The van der Waals surface area contributed by atoms with Crippen molar-refractivity contribution in [1.29, 1.82) is 1.43 Å². The Morgan fingerprint density at radius 3 is 3.18 bits per heavy atom. The van der Waals surface area contributed by atoms with Crippen molar-refractivity contribution in [2.75, 3.05) is 13.2 Å². The van der Waals surface area contributed by atoms with Crippen LogP contribution in [0.15, 0.2) is 0 Å². The van der Waals surface area contributed by atoms with Crippen LogP contribution in [-0.2, 0) is 9.59 Å². The average molecular weight is 158 g/mol. The Labute approximate surface area is 66.3 Å². The highest BCUT2D eigenvalue weighted by molar-refractivity contribution is 5.96. The zero-order chi connectivity index (χ0) is 8.97. The lowest BCUT2D eigenvalue weighted by molar-refractivity contribution is -0.148. The van der Waals surface area contributed by atoms with Crippen LogP contribution in [0.4, 0.5) is 0 Å². The standard InChI is InChI=1S/C7H11NO3/c9-5-7(11)8-4-2-1-3-6(8)10/h9H,1-5H2/i9D. The fourth-order valence-electron chi connectivity index (χ4n) is 1.15. The summed E-state index contributed by atoms with van der Waals surface area (Å²) in [5.41, 5.74) is 0. The van der Waals surface area contributed by atoms with E-state index >= 15 is 0 Å². The predicted molar refractivity (Wildman–Crippen MR) is 37.7 cm³/mol. The van der Waals surface area contributed by atoms with Crippen LogP contribution in [0.1, 0.15) is 19.3 Å². The Bertz CT molecular complexity index is 195. The molecule has 11 heavy (non-hydrogen) atoms. The second kappa shape index (κ2) is 3.48. The third-order valence-electron chi connectivity index (χ3n) is 1.75. The van der Waals surface area contributed by atoms with E-state index in [1.165, 1.54) is 0 Å². The van der Waals surface area contributed by atoms with Gasteiger partial charge in [-0.15, -0.1) is 0 Å². The molecule has 62 valence electrons. The Hall–Kier alpha value is -0.900. The van der Waals surface area contributed by atoms with Gasteiger partial charge in [-0.05, 0) is 12.8 Å². The number of nitrogens with zero attached hydrogens (tertiary/aromatic N) is 1. The van der Waals surface area contributed by atoms with Crippen molar-refractivity contribution in [3.8, 4) is 0 Å². The van der Waals surface area contributed by atoms with Crippen molar-refractivity contribution in [3.05, 3.63) is 0 Å². The van der Waals surface area contributed by atoms with E-state index in [0.29, 0.717) is 13.0 Å². The van der Waals surface area contributed by atoms with Crippen LogP contribution >= 0.6 is 0 Å². The van der Waals surface area contributed by atoms with Crippen molar-refractivity contribution < 1.29 is 14.7 Å². The van der Waals surface area contributed by atoms with E-state index in [4.69, 9.17) is 1.43 Å². The zero-order valence-corrected chi connectivity index (χ0v) is 6.21. The van der Waals surface area contributed by atoms with Gasteiger partial charge in [0.05, 0.1) is 0 Å². The fourth-order valence-corrected chi connectivity index (χ4v) is 1.15. The molecule has 1 N–H and O–H groups in total. The molecule has 2 amide bonds. The highest BCUT2D eigenvalue weighted by Gasteiger charge is 2.22. The largest absolute Gasteiger partial charge is 0.387 e. The number of hydrogen-bond acceptors (Lipinski definition) is 3. The summed E-state index contributed by atoms with van der Waals surface area (Å²) in [6.45, 7) is 0.146. The summed E-state index contributed by atoms with van der Waals surface area (Å²) in [4.78, 5) is 23.3. The second-order valence-corrected chi connectivity index (χ2v) is 2.54. The van der Waals surface area contributed by atoms with Gasteiger partial charge in [0.1, 0.15) is 6.61 Å². The number of likely N-dealkylation sites (tertiary alicyclic amines) is 1. The first kappa shape index (κ1) is 6.79. The molecule has 0 saturated carbocycles. The van der Waals surface area contributed by atoms with E-state index in [0.717, 1.165) is 17.7 Å². The van der Waals surface area contributed by atoms with Gasteiger partial charge in [0.2, 0.25) is 7.34 Å². The third kappa shape index (κ3) is 1.77. The zero-order valence-electron chi connectivity index (χ0n) is 7.21. The highest BCUT2D eigenvalue weighted by atomic mass is 16.3. The minimum absolute atomic E-state index is 0.150. The molecule has 1 aliphatic heterocycles. The molecule has 0 spiro atoms. The van der Waals surface area contributed by atoms with Crippen LogP contribution < -0.4 is 0 Å². The first-order valence-corrected chi connectivity index (χ1v) is 3.67. The van der Waals surface area contributed by atoms with Crippen LogP contribution in [0.25, 0.3) is 0 Å². The minimum Gasteiger partial charge on any atom is -0.387 e. The average Bonchev–Trinajstić information content (AvgIpc) is 2.05. The summed E-state index contributed by atoms with van der Waals surface area (Å²) < 4.78 is 6.36. The number of amides is 2. The lowest BCUT2D eigenvalue weighted by Gasteiger charge is -2.23. The maximum Gasteiger partial charge on any atom is 0.254 e. The molecule has 0 atom stereocenters. The molecular formula is C7H11NO3. The summed E-state index contributed by atoms with van der Waals surface area (Å²) >= 11 is 0. The number of piperidine rings is 1. The molecule has 0 aromatic rings. The van der Waals surface area contributed by atoms with Crippen LogP contribution in [0.2, 0.25) is 0 Å². The van der Waals surface area contributed by atoms with E-state index in [1.54, 1.807) is 0 Å². The molecule has 0 aromatic heterocycles. The second-order valence-electron chi connectivity index (χ2n) is 2.54. The van der Waals surface area contributed by atoms with E-state index in [1.807, 2.05) is 0 Å². The molecule has 4 heteroatoms. The van der Waals surface area contributed by atoms with Crippen molar-refractivity contribution in [2.45, 2.75) is 19.3 Å². The van der Waals surface area contributed by atoms with Crippen molar-refractivity contribution >= 4 is 11.8 Å². The number of rotatable bonds is 2. The highest BCUT2D eigenvalue weighted by Crippen LogP contribution is 2.09. The lowest BCUT2D eigenvalue weighted by Crippen LogP contribution is -2.41. The monoisotopic (exact) mass is 158 g/mol. The topological polar surface area (TPSA) is 57.6 Å². The number of carbonyl (C=O) groups excluding carboxylic acids is 2. The van der Waals surface area contributed by atoms with Crippen LogP contribution in [0.3, 0.4) is 0 Å². The van der Waals surface area contributed by atoms with Gasteiger partial charge in [0.25, 0.3) is 5.91 Å². The predicted octanol–water partition coefficient (Wildman–Crippen LogP) is -0.482. The molecule has 0 unspecified atom stereocenters.